The third-order valence-electron chi connectivity index (χ3n) is 2.77. The van der Waals surface area contributed by atoms with Gasteiger partial charge in [-0.05, 0) is 29.7 Å². The van der Waals surface area contributed by atoms with Crippen LogP contribution in [0.15, 0.2) is 48.8 Å². The van der Waals surface area contributed by atoms with E-state index in [0.29, 0.717) is 5.92 Å². The first-order valence-corrected chi connectivity index (χ1v) is 5.99. The van der Waals surface area contributed by atoms with Crippen molar-refractivity contribution in [1.82, 2.24) is 4.98 Å². The van der Waals surface area contributed by atoms with E-state index in [-0.39, 0.29) is 5.91 Å². The van der Waals surface area contributed by atoms with E-state index >= 15 is 0 Å². The number of nitrogens with zero attached hydrogens (tertiary/aromatic N) is 1. The zero-order valence-corrected chi connectivity index (χ0v) is 10.6. The molecule has 1 aromatic heterocycles. The van der Waals surface area contributed by atoms with Crippen molar-refractivity contribution in [2.45, 2.75) is 19.8 Å². The van der Waals surface area contributed by atoms with Crippen LogP contribution in [0.5, 0.6) is 0 Å². The Bertz CT molecular complexity index is 535. The average Bonchev–Trinajstić information content (AvgIpc) is 2.40. The van der Waals surface area contributed by atoms with Gasteiger partial charge in [0.15, 0.2) is 0 Å². The largest absolute Gasteiger partial charge is 0.322 e. The summed E-state index contributed by atoms with van der Waals surface area (Å²) in [6.07, 6.45) is 3.31. The molecule has 1 amide bonds. The highest BCUT2D eigenvalue weighted by Gasteiger charge is 2.12. The number of carbonyl (C=O) groups is 1. The highest BCUT2D eigenvalue weighted by molar-refractivity contribution is 6.05. The first-order chi connectivity index (χ1) is 8.68. The summed E-state index contributed by atoms with van der Waals surface area (Å²) in [4.78, 5) is 16.1. The number of carbonyl (C=O) groups excluding carboxylic acids is 1. The summed E-state index contributed by atoms with van der Waals surface area (Å²) >= 11 is 0. The van der Waals surface area contributed by atoms with Crippen molar-refractivity contribution < 1.29 is 4.79 Å². The quantitative estimate of drug-likeness (QED) is 0.892. The Kier molecular flexibility index (Phi) is 3.72. The summed E-state index contributed by atoms with van der Waals surface area (Å²) in [6.45, 7) is 4.16. The van der Waals surface area contributed by atoms with Crippen LogP contribution in [-0.4, -0.2) is 10.9 Å². The van der Waals surface area contributed by atoms with Crippen molar-refractivity contribution in [3.8, 4) is 0 Å². The van der Waals surface area contributed by atoms with Crippen molar-refractivity contribution in [3.05, 3.63) is 59.9 Å². The minimum absolute atomic E-state index is 0.0782. The van der Waals surface area contributed by atoms with Gasteiger partial charge in [-0.3, -0.25) is 9.78 Å². The van der Waals surface area contributed by atoms with Gasteiger partial charge >= 0.3 is 0 Å². The number of hydrogen-bond donors (Lipinski definition) is 1. The van der Waals surface area contributed by atoms with Crippen LogP contribution in [0.4, 0.5) is 5.69 Å². The van der Waals surface area contributed by atoms with E-state index < -0.39 is 0 Å². The molecule has 0 bridgehead atoms. The molecule has 3 heteroatoms. The molecule has 1 heterocycles. The zero-order valence-electron chi connectivity index (χ0n) is 10.6. The van der Waals surface area contributed by atoms with Crippen LogP contribution in [-0.2, 0) is 0 Å². The van der Waals surface area contributed by atoms with Crippen LogP contribution < -0.4 is 5.32 Å². The normalized spacial score (nSPS) is 10.4. The van der Waals surface area contributed by atoms with Crippen LogP contribution in [0.25, 0.3) is 0 Å². The number of benzene rings is 1. The van der Waals surface area contributed by atoms with Gasteiger partial charge in [0.05, 0.1) is 0 Å². The second kappa shape index (κ2) is 5.45. The topological polar surface area (TPSA) is 42.0 Å². The molecule has 1 N–H and O–H groups in total. The molecule has 2 aromatic rings. The second-order valence-corrected chi connectivity index (χ2v) is 4.43. The molecule has 2 rings (SSSR count). The number of aromatic nitrogens is 1. The van der Waals surface area contributed by atoms with E-state index in [4.69, 9.17) is 0 Å². The number of amides is 1. The minimum Gasteiger partial charge on any atom is -0.322 e. The summed E-state index contributed by atoms with van der Waals surface area (Å²) in [5.74, 6) is 0.245. The fraction of sp³-hybridized carbons (Fsp3) is 0.200. The second-order valence-electron chi connectivity index (χ2n) is 4.43. The van der Waals surface area contributed by atoms with Crippen molar-refractivity contribution in [2.75, 3.05) is 5.32 Å². The van der Waals surface area contributed by atoms with Crippen molar-refractivity contribution >= 4 is 11.6 Å². The van der Waals surface area contributed by atoms with E-state index in [2.05, 4.69) is 24.1 Å². The molecule has 0 spiro atoms. The van der Waals surface area contributed by atoms with E-state index in [9.17, 15) is 4.79 Å². The molecule has 0 atom stereocenters. The van der Waals surface area contributed by atoms with Crippen LogP contribution in [0.2, 0.25) is 0 Å². The maximum Gasteiger partial charge on any atom is 0.255 e. The number of anilines is 1. The fourth-order valence-corrected chi connectivity index (χ4v) is 1.84. The standard InChI is InChI=1S/C15H16N2O/c1-11(2)13-5-3-4-6-14(13)15(18)17-12-7-9-16-10-8-12/h3-11H,1-2H3,(H,16,17,18). The van der Waals surface area contributed by atoms with Gasteiger partial charge < -0.3 is 5.32 Å². The smallest absolute Gasteiger partial charge is 0.255 e. The van der Waals surface area contributed by atoms with Gasteiger partial charge in [0.25, 0.3) is 5.91 Å². The monoisotopic (exact) mass is 240 g/mol. The predicted octanol–water partition coefficient (Wildman–Crippen LogP) is 3.46. The summed E-state index contributed by atoms with van der Waals surface area (Å²) in [5, 5.41) is 2.87. The Morgan fingerprint density at radius 1 is 1.11 bits per heavy atom. The molecule has 0 unspecified atom stereocenters. The third-order valence-corrected chi connectivity index (χ3v) is 2.77. The highest BCUT2D eigenvalue weighted by Crippen LogP contribution is 2.20. The lowest BCUT2D eigenvalue weighted by Gasteiger charge is -2.12. The SMILES string of the molecule is CC(C)c1ccccc1C(=O)Nc1ccncc1. The van der Waals surface area contributed by atoms with Crippen molar-refractivity contribution in [2.24, 2.45) is 0 Å². The molecule has 3 nitrogen and oxygen atoms in total. The Hall–Kier alpha value is -2.16. The summed E-state index contributed by atoms with van der Waals surface area (Å²) in [7, 11) is 0. The maximum atomic E-state index is 12.2. The van der Waals surface area contributed by atoms with Crippen molar-refractivity contribution in [1.29, 1.82) is 0 Å². The average molecular weight is 240 g/mol. The van der Waals surface area contributed by atoms with E-state index in [0.717, 1.165) is 16.8 Å². The molecule has 0 aliphatic heterocycles. The van der Waals surface area contributed by atoms with Gasteiger partial charge in [-0.15, -0.1) is 0 Å². The van der Waals surface area contributed by atoms with E-state index in [1.807, 2.05) is 24.3 Å². The van der Waals surface area contributed by atoms with E-state index in [1.165, 1.54) is 0 Å². The van der Waals surface area contributed by atoms with Gasteiger partial charge in [-0.1, -0.05) is 32.0 Å². The molecular weight excluding hydrogens is 224 g/mol. The number of hydrogen-bond acceptors (Lipinski definition) is 2. The minimum atomic E-state index is -0.0782. The van der Waals surface area contributed by atoms with Gasteiger partial charge in [0.1, 0.15) is 0 Å². The van der Waals surface area contributed by atoms with Crippen LogP contribution in [0.3, 0.4) is 0 Å². The lowest BCUT2D eigenvalue weighted by atomic mass is 9.97. The Morgan fingerprint density at radius 2 is 1.78 bits per heavy atom. The number of rotatable bonds is 3. The molecular formula is C15H16N2O. The molecule has 18 heavy (non-hydrogen) atoms. The van der Waals surface area contributed by atoms with Crippen LogP contribution >= 0.6 is 0 Å². The van der Waals surface area contributed by atoms with Gasteiger partial charge in [0, 0.05) is 23.6 Å². The van der Waals surface area contributed by atoms with Crippen LogP contribution in [0.1, 0.15) is 35.7 Å². The van der Waals surface area contributed by atoms with Gasteiger partial charge in [-0.2, -0.15) is 0 Å². The molecule has 0 radical (unpaired) electrons. The molecule has 0 aliphatic rings. The van der Waals surface area contributed by atoms with Gasteiger partial charge in [-0.25, -0.2) is 0 Å². The van der Waals surface area contributed by atoms with E-state index in [1.54, 1.807) is 24.5 Å². The highest BCUT2D eigenvalue weighted by atomic mass is 16.1. The summed E-state index contributed by atoms with van der Waals surface area (Å²) in [5.41, 5.74) is 2.54. The number of pyridine rings is 1. The Morgan fingerprint density at radius 3 is 2.44 bits per heavy atom. The lowest BCUT2D eigenvalue weighted by molar-refractivity contribution is 0.102. The van der Waals surface area contributed by atoms with Gasteiger partial charge in [0.2, 0.25) is 0 Å². The molecule has 0 aliphatic carbocycles. The fourth-order valence-electron chi connectivity index (χ4n) is 1.84. The number of nitrogens with one attached hydrogen (secondary N) is 1. The zero-order chi connectivity index (χ0) is 13.0. The molecule has 92 valence electrons. The molecule has 1 aromatic carbocycles. The Balaban J connectivity index is 2.24. The molecule has 0 saturated heterocycles. The van der Waals surface area contributed by atoms with Crippen LogP contribution in [0, 0.1) is 0 Å². The summed E-state index contributed by atoms with van der Waals surface area (Å²) in [6, 6.07) is 11.2. The first kappa shape index (κ1) is 12.3. The molecule has 0 fully saturated rings. The third kappa shape index (κ3) is 2.74. The summed E-state index contributed by atoms with van der Waals surface area (Å²) < 4.78 is 0. The maximum absolute atomic E-state index is 12.2. The first-order valence-electron chi connectivity index (χ1n) is 5.99. The lowest BCUT2D eigenvalue weighted by Crippen LogP contribution is -2.14. The van der Waals surface area contributed by atoms with Crippen molar-refractivity contribution in [3.63, 3.8) is 0 Å². The molecule has 0 saturated carbocycles. The predicted molar refractivity (Wildman–Crippen MR) is 72.7 cm³/mol. The Labute approximate surface area is 107 Å².